The number of rotatable bonds is 5. The summed E-state index contributed by atoms with van der Waals surface area (Å²) in [7, 11) is 0. The van der Waals surface area contributed by atoms with Gasteiger partial charge in [-0.2, -0.15) is 0 Å². The lowest BCUT2D eigenvalue weighted by Crippen LogP contribution is -2.45. The predicted octanol–water partition coefficient (Wildman–Crippen LogP) is 1.89. The first-order valence-electron chi connectivity index (χ1n) is 9.17. The molecule has 0 spiro atoms. The summed E-state index contributed by atoms with van der Waals surface area (Å²) >= 11 is 3.51. The molecule has 0 radical (unpaired) electrons. The fraction of sp³-hybridized carbons (Fsp3) is 0.368. The first kappa shape index (κ1) is 21.6. The molecule has 1 N–H and O–H groups in total. The SMILES string of the molecule is CC(=O)O[C@@H](C)C(=O)O[C@@H](C)C(=O)N1CCN=C1Nc1ccc2nccnc2c1Br. The Hall–Kier alpha value is -3.08. The Morgan fingerprint density at radius 1 is 1.13 bits per heavy atom. The number of nitrogens with one attached hydrogen (secondary N) is 1. The fourth-order valence-electron chi connectivity index (χ4n) is 2.83. The second-order valence-electron chi connectivity index (χ2n) is 6.50. The second kappa shape index (κ2) is 9.16. The van der Waals surface area contributed by atoms with Crippen LogP contribution < -0.4 is 5.32 Å². The molecule has 30 heavy (non-hydrogen) atoms. The third kappa shape index (κ3) is 4.73. The van der Waals surface area contributed by atoms with Crippen LogP contribution in [0.1, 0.15) is 20.8 Å². The number of fused-ring (bicyclic) bond motifs is 1. The highest BCUT2D eigenvalue weighted by Crippen LogP contribution is 2.29. The minimum atomic E-state index is -1.10. The van der Waals surface area contributed by atoms with Crippen LogP contribution in [0.25, 0.3) is 11.0 Å². The van der Waals surface area contributed by atoms with Crippen molar-refractivity contribution in [2.75, 3.05) is 18.4 Å². The van der Waals surface area contributed by atoms with E-state index >= 15 is 0 Å². The molecular weight excluding hydrogens is 458 g/mol. The van der Waals surface area contributed by atoms with Gasteiger partial charge in [-0.3, -0.25) is 29.4 Å². The molecule has 3 rings (SSSR count). The van der Waals surface area contributed by atoms with Crippen LogP contribution in [0.5, 0.6) is 0 Å². The number of carbonyl (C=O) groups is 3. The maximum absolute atomic E-state index is 12.8. The van der Waals surface area contributed by atoms with Crippen molar-refractivity contribution in [1.82, 2.24) is 14.9 Å². The topological polar surface area (TPSA) is 123 Å². The third-order valence-corrected chi connectivity index (χ3v) is 5.05. The number of carbonyl (C=O) groups excluding carboxylic acids is 3. The molecule has 1 aliphatic heterocycles. The van der Waals surface area contributed by atoms with E-state index in [1.807, 2.05) is 0 Å². The Bertz CT molecular complexity index is 1030. The van der Waals surface area contributed by atoms with Gasteiger partial charge < -0.3 is 14.8 Å². The summed E-state index contributed by atoms with van der Waals surface area (Å²) in [5.74, 6) is -1.52. The van der Waals surface area contributed by atoms with Crippen molar-refractivity contribution >= 4 is 56.5 Å². The largest absolute Gasteiger partial charge is 0.451 e. The number of nitrogens with zero attached hydrogens (tertiary/aromatic N) is 4. The molecule has 1 aromatic carbocycles. The molecule has 0 aliphatic carbocycles. The van der Waals surface area contributed by atoms with Gasteiger partial charge in [-0.15, -0.1) is 0 Å². The molecular formula is C19H20BrN5O5. The van der Waals surface area contributed by atoms with Gasteiger partial charge >= 0.3 is 11.9 Å². The molecule has 0 unspecified atom stereocenters. The van der Waals surface area contributed by atoms with Crippen LogP contribution in [-0.2, 0) is 23.9 Å². The lowest BCUT2D eigenvalue weighted by atomic mass is 10.2. The van der Waals surface area contributed by atoms with Crippen LogP contribution in [0, 0.1) is 0 Å². The maximum Gasteiger partial charge on any atom is 0.347 e. The highest BCUT2D eigenvalue weighted by molar-refractivity contribution is 9.10. The maximum atomic E-state index is 12.8. The van der Waals surface area contributed by atoms with Crippen molar-refractivity contribution < 1.29 is 23.9 Å². The van der Waals surface area contributed by atoms with Gasteiger partial charge in [0.25, 0.3) is 5.91 Å². The van der Waals surface area contributed by atoms with Crippen LogP contribution in [0.4, 0.5) is 5.69 Å². The molecule has 2 heterocycles. The summed E-state index contributed by atoms with van der Waals surface area (Å²) in [4.78, 5) is 50.1. The lowest BCUT2D eigenvalue weighted by Gasteiger charge is -2.24. The number of hydrogen-bond acceptors (Lipinski definition) is 9. The Balaban J connectivity index is 1.69. The molecule has 0 fully saturated rings. The average molecular weight is 478 g/mol. The number of esters is 2. The zero-order valence-electron chi connectivity index (χ0n) is 16.6. The Morgan fingerprint density at radius 2 is 1.87 bits per heavy atom. The third-order valence-electron chi connectivity index (χ3n) is 4.25. The van der Waals surface area contributed by atoms with Crippen molar-refractivity contribution in [2.45, 2.75) is 33.0 Å². The molecule has 10 nitrogen and oxygen atoms in total. The van der Waals surface area contributed by atoms with E-state index in [-0.39, 0.29) is 0 Å². The van der Waals surface area contributed by atoms with E-state index in [2.05, 4.69) is 36.2 Å². The van der Waals surface area contributed by atoms with Gasteiger partial charge in [0.15, 0.2) is 12.2 Å². The molecule has 1 amide bonds. The number of halogens is 1. The van der Waals surface area contributed by atoms with Crippen LogP contribution in [0.2, 0.25) is 0 Å². The molecule has 11 heteroatoms. The van der Waals surface area contributed by atoms with E-state index in [0.29, 0.717) is 34.7 Å². The van der Waals surface area contributed by atoms with E-state index in [9.17, 15) is 14.4 Å². The summed E-state index contributed by atoms with van der Waals surface area (Å²) in [6.45, 7) is 4.77. The molecule has 1 aliphatic rings. The predicted molar refractivity (Wildman–Crippen MR) is 112 cm³/mol. The summed E-state index contributed by atoms with van der Waals surface area (Å²) < 4.78 is 10.6. The first-order valence-corrected chi connectivity index (χ1v) is 9.97. The van der Waals surface area contributed by atoms with Crippen molar-refractivity contribution in [3.63, 3.8) is 0 Å². The van der Waals surface area contributed by atoms with Gasteiger partial charge in [0.05, 0.1) is 22.2 Å². The second-order valence-corrected chi connectivity index (χ2v) is 7.30. The van der Waals surface area contributed by atoms with Crippen molar-refractivity contribution in [3.05, 3.63) is 29.0 Å². The quantitative estimate of drug-likeness (QED) is 0.647. The van der Waals surface area contributed by atoms with Crippen molar-refractivity contribution in [1.29, 1.82) is 0 Å². The van der Waals surface area contributed by atoms with Crippen LogP contribution in [0.15, 0.2) is 34.0 Å². The van der Waals surface area contributed by atoms with Gasteiger partial charge in [-0.05, 0) is 41.9 Å². The number of aromatic nitrogens is 2. The molecule has 0 saturated carbocycles. The lowest BCUT2D eigenvalue weighted by molar-refractivity contribution is -0.171. The number of aliphatic imine (C=N–C) groups is 1. The van der Waals surface area contributed by atoms with Gasteiger partial charge in [0, 0.05) is 25.9 Å². The molecule has 0 bridgehead atoms. The van der Waals surface area contributed by atoms with E-state index in [0.717, 1.165) is 5.52 Å². The summed E-state index contributed by atoms with van der Waals surface area (Å²) in [5.41, 5.74) is 2.05. The molecule has 0 saturated heterocycles. The van der Waals surface area contributed by atoms with E-state index in [1.165, 1.54) is 25.7 Å². The fourth-order valence-corrected chi connectivity index (χ4v) is 3.36. The minimum Gasteiger partial charge on any atom is -0.451 e. The summed E-state index contributed by atoms with van der Waals surface area (Å²) in [5, 5.41) is 3.12. The number of anilines is 1. The van der Waals surface area contributed by atoms with Crippen LogP contribution in [-0.4, -0.2) is 64.0 Å². The highest BCUT2D eigenvalue weighted by Gasteiger charge is 2.31. The molecule has 2 atom stereocenters. The monoisotopic (exact) mass is 477 g/mol. The molecule has 2 aromatic rings. The summed E-state index contributed by atoms with van der Waals surface area (Å²) in [6.07, 6.45) is 1.02. The number of benzene rings is 1. The van der Waals surface area contributed by atoms with Crippen molar-refractivity contribution in [3.8, 4) is 0 Å². The summed E-state index contributed by atoms with van der Waals surface area (Å²) in [6, 6.07) is 3.60. The highest BCUT2D eigenvalue weighted by atomic mass is 79.9. The van der Waals surface area contributed by atoms with Gasteiger partial charge in [0.2, 0.25) is 5.96 Å². The van der Waals surface area contributed by atoms with Gasteiger partial charge in [-0.1, -0.05) is 0 Å². The number of ether oxygens (including phenoxy) is 2. The zero-order chi connectivity index (χ0) is 21.8. The first-order chi connectivity index (χ1) is 14.3. The van der Waals surface area contributed by atoms with E-state index in [4.69, 9.17) is 9.47 Å². The standard InChI is InChI=1S/C19H20BrN5O5/c1-10(30-18(28)11(2)29-12(3)26)17(27)25-9-8-23-19(25)24-13-4-5-14-16(15(13)20)22-7-6-21-14/h4-7,10-11H,8-9H2,1-3H3,(H,23,24)/t10-,11-/m0/s1. The molecule has 1 aromatic heterocycles. The molecule has 158 valence electrons. The Kier molecular flexibility index (Phi) is 6.60. The van der Waals surface area contributed by atoms with Crippen LogP contribution >= 0.6 is 15.9 Å². The van der Waals surface area contributed by atoms with Gasteiger partial charge in [0.1, 0.15) is 5.52 Å². The van der Waals surface area contributed by atoms with Gasteiger partial charge in [-0.25, -0.2) is 4.79 Å². The minimum absolute atomic E-state index is 0.333. The zero-order valence-corrected chi connectivity index (χ0v) is 18.2. The number of amides is 1. The van der Waals surface area contributed by atoms with E-state index in [1.54, 1.807) is 24.5 Å². The Labute approximate surface area is 180 Å². The van der Waals surface area contributed by atoms with E-state index < -0.39 is 30.1 Å². The number of hydrogen-bond donors (Lipinski definition) is 1. The number of guanidine groups is 1. The van der Waals surface area contributed by atoms with Crippen molar-refractivity contribution in [2.24, 2.45) is 4.99 Å². The normalized spacial score (nSPS) is 15.3. The Morgan fingerprint density at radius 3 is 2.60 bits per heavy atom. The average Bonchev–Trinajstić information content (AvgIpc) is 3.17. The van der Waals surface area contributed by atoms with Crippen LogP contribution in [0.3, 0.4) is 0 Å². The smallest absolute Gasteiger partial charge is 0.347 e.